The molecule has 0 saturated heterocycles. The molecule has 0 atom stereocenters. The highest BCUT2D eigenvalue weighted by Crippen LogP contribution is 2.36. The van der Waals surface area contributed by atoms with Crippen molar-refractivity contribution < 1.29 is 22.4 Å². The lowest BCUT2D eigenvalue weighted by molar-refractivity contribution is -0.141. The number of aromatic nitrogens is 1. The number of carbonyl (C=O) groups is 1. The summed E-state index contributed by atoms with van der Waals surface area (Å²) in [4.78, 5) is 15.3. The molecule has 2 aromatic carbocycles. The molecule has 0 unspecified atom stereocenters. The van der Waals surface area contributed by atoms with Crippen LogP contribution in [0.2, 0.25) is 10.0 Å². The number of benzene rings is 2. The number of nitrogens with one attached hydrogen (secondary N) is 1. The molecule has 3 aromatic rings. The van der Waals surface area contributed by atoms with Crippen LogP contribution in [0.5, 0.6) is 0 Å². The number of thiazole rings is 1. The Morgan fingerprint density at radius 3 is 2.46 bits per heavy atom. The van der Waals surface area contributed by atoms with Crippen molar-refractivity contribution in [3.05, 3.63) is 67.8 Å². The summed E-state index contributed by atoms with van der Waals surface area (Å²) in [6.07, 6.45) is -4.77. The number of anilines is 1. The molecular formula is C18H10Cl2F4N2OS. The maximum absolute atomic E-state index is 13.8. The van der Waals surface area contributed by atoms with Gasteiger partial charge in [-0.2, -0.15) is 13.2 Å². The maximum Gasteiger partial charge on any atom is 0.435 e. The number of halogens is 6. The second kappa shape index (κ2) is 7.69. The van der Waals surface area contributed by atoms with Gasteiger partial charge in [-0.3, -0.25) is 4.79 Å². The third-order valence-electron chi connectivity index (χ3n) is 3.67. The van der Waals surface area contributed by atoms with Crippen LogP contribution in [0.4, 0.5) is 23.2 Å². The minimum atomic E-state index is -4.77. The van der Waals surface area contributed by atoms with Crippen molar-refractivity contribution in [2.45, 2.75) is 13.1 Å². The quantitative estimate of drug-likeness (QED) is 0.445. The van der Waals surface area contributed by atoms with E-state index in [-0.39, 0.29) is 26.3 Å². The summed E-state index contributed by atoms with van der Waals surface area (Å²) in [5, 5.41) is 2.99. The third kappa shape index (κ3) is 4.29. The van der Waals surface area contributed by atoms with E-state index in [1.807, 2.05) is 0 Å². The van der Waals surface area contributed by atoms with Crippen LogP contribution in [-0.2, 0) is 6.18 Å². The number of aryl methyl sites for hydroxylation is 1. The number of carbonyl (C=O) groups excluding carboxylic acids is 1. The zero-order valence-corrected chi connectivity index (χ0v) is 16.3. The minimum absolute atomic E-state index is 0.0984. The van der Waals surface area contributed by atoms with E-state index in [0.29, 0.717) is 16.9 Å². The lowest BCUT2D eigenvalue weighted by Gasteiger charge is -2.13. The van der Waals surface area contributed by atoms with Crippen LogP contribution in [0.25, 0.3) is 11.1 Å². The first-order valence-electron chi connectivity index (χ1n) is 7.67. The first kappa shape index (κ1) is 20.6. The molecule has 0 spiro atoms. The van der Waals surface area contributed by atoms with E-state index in [0.717, 1.165) is 12.1 Å². The van der Waals surface area contributed by atoms with Gasteiger partial charge in [0.2, 0.25) is 0 Å². The predicted octanol–water partition coefficient (Wildman–Crippen LogP) is 6.84. The molecule has 1 N–H and O–H groups in total. The molecule has 0 radical (unpaired) electrons. The molecule has 146 valence electrons. The maximum atomic E-state index is 13.8. The molecule has 1 heterocycles. The number of rotatable bonds is 3. The Kier molecular flexibility index (Phi) is 5.65. The Bertz CT molecular complexity index is 1070. The van der Waals surface area contributed by atoms with E-state index in [1.54, 1.807) is 6.07 Å². The highest BCUT2D eigenvalue weighted by molar-refractivity contribution is 7.13. The van der Waals surface area contributed by atoms with Crippen LogP contribution in [0, 0.1) is 12.7 Å². The van der Waals surface area contributed by atoms with Gasteiger partial charge in [0.05, 0.1) is 15.1 Å². The highest BCUT2D eigenvalue weighted by atomic mass is 35.5. The van der Waals surface area contributed by atoms with E-state index in [1.165, 1.54) is 25.1 Å². The molecule has 0 bridgehead atoms. The molecule has 1 amide bonds. The third-order valence-corrected chi connectivity index (χ3v) is 5.38. The van der Waals surface area contributed by atoms with Gasteiger partial charge >= 0.3 is 6.18 Å². The Balaban J connectivity index is 2.02. The van der Waals surface area contributed by atoms with E-state index >= 15 is 0 Å². The Labute approximate surface area is 170 Å². The Morgan fingerprint density at radius 2 is 1.82 bits per heavy atom. The summed E-state index contributed by atoms with van der Waals surface area (Å²) in [6, 6.07) is 7.98. The smallest absolute Gasteiger partial charge is 0.321 e. The number of amides is 1. The van der Waals surface area contributed by atoms with Crippen molar-refractivity contribution in [1.82, 2.24) is 4.98 Å². The van der Waals surface area contributed by atoms with Crippen LogP contribution >= 0.6 is 34.5 Å². The van der Waals surface area contributed by atoms with E-state index < -0.39 is 28.5 Å². The lowest BCUT2D eigenvalue weighted by atomic mass is 10.0. The number of nitrogens with zero attached hydrogens (tertiary/aromatic N) is 1. The summed E-state index contributed by atoms with van der Waals surface area (Å²) in [6.45, 7) is 1.37. The van der Waals surface area contributed by atoms with Crippen LogP contribution in [-0.4, -0.2) is 10.9 Å². The molecule has 3 nitrogen and oxygen atoms in total. The van der Waals surface area contributed by atoms with Crippen molar-refractivity contribution in [1.29, 1.82) is 0 Å². The van der Waals surface area contributed by atoms with Crippen molar-refractivity contribution in [3.63, 3.8) is 0 Å². The number of alkyl halides is 3. The molecule has 0 aliphatic heterocycles. The summed E-state index contributed by atoms with van der Waals surface area (Å²) in [7, 11) is 0. The average Bonchev–Trinajstić information content (AvgIpc) is 3.01. The monoisotopic (exact) mass is 448 g/mol. The topological polar surface area (TPSA) is 42.0 Å². The van der Waals surface area contributed by atoms with Crippen molar-refractivity contribution in [2.24, 2.45) is 0 Å². The zero-order valence-electron chi connectivity index (χ0n) is 14.0. The van der Waals surface area contributed by atoms with Crippen LogP contribution in [0.3, 0.4) is 0 Å². The fraction of sp³-hybridized carbons (Fsp3) is 0.111. The molecular weight excluding hydrogens is 439 g/mol. The molecule has 10 heteroatoms. The van der Waals surface area contributed by atoms with E-state index in [4.69, 9.17) is 23.2 Å². The molecule has 0 aliphatic carbocycles. The summed E-state index contributed by atoms with van der Waals surface area (Å²) in [5.41, 5.74) is -0.475. The van der Waals surface area contributed by atoms with Gasteiger partial charge in [-0.15, -0.1) is 11.3 Å². The van der Waals surface area contributed by atoms with Gasteiger partial charge in [0.1, 0.15) is 10.7 Å². The van der Waals surface area contributed by atoms with Gasteiger partial charge < -0.3 is 5.32 Å². The highest BCUT2D eigenvalue weighted by Gasteiger charge is 2.39. The van der Waals surface area contributed by atoms with Gasteiger partial charge in [0.15, 0.2) is 5.69 Å². The lowest BCUT2D eigenvalue weighted by Crippen LogP contribution is -2.17. The average molecular weight is 449 g/mol. The summed E-state index contributed by atoms with van der Waals surface area (Å²) < 4.78 is 53.2. The van der Waals surface area contributed by atoms with E-state index in [2.05, 4.69) is 10.3 Å². The van der Waals surface area contributed by atoms with Crippen LogP contribution in [0.15, 0.2) is 36.4 Å². The Hall–Kier alpha value is -2.16. The fourth-order valence-corrected chi connectivity index (χ4v) is 3.61. The van der Waals surface area contributed by atoms with E-state index in [9.17, 15) is 22.4 Å². The summed E-state index contributed by atoms with van der Waals surface area (Å²) >= 11 is 12.5. The van der Waals surface area contributed by atoms with Crippen LogP contribution in [0.1, 0.15) is 20.4 Å². The van der Waals surface area contributed by atoms with Gasteiger partial charge in [-0.1, -0.05) is 29.3 Å². The second-order valence-corrected chi connectivity index (χ2v) is 7.70. The molecule has 28 heavy (non-hydrogen) atoms. The molecule has 0 saturated carbocycles. The standard InChI is InChI=1S/C18H10Cl2F4N2OS/c1-8-25-16(18(22,23)24)15(28-8)17(27)26-14-5-3-10(21)7-11(14)9-2-4-12(19)13(20)6-9/h2-7H,1H3,(H,26,27). The van der Waals surface area contributed by atoms with Crippen molar-refractivity contribution >= 4 is 46.1 Å². The zero-order chi connectivity index (χ0) is 20.6. The number of hydrogen-bond acceptors (Lipinski definition) is 3. The Morgan fingerprint density at radius 1 is 1.11 bits per heavy atom. The predicted molar refractivity (Wildman–Crippen MR) is 102 cm³/mol. The first-order chi connectivity index (χ1) is 13.1. The molecule has 0 aliphatic rings. The molecule has 3 rings (SSSR count). The second-order valence-electron chi connectivity index (χ2n) is 5.68. The van der Waals surface area contributed by atoms with Gasteiger partial charge in [-0.25, -0.2) is 9.37 Å². The van der Waals surface area contributed by atoms with Gasteiger partial charge in [-0.05, 0) is 42.8 Å². The minimum Gasteiger partial charge on any atom is -0.321 e. The first-order valence-corrected chi connectivity index (χ1v) is 9.24. The largest absolute Gasteiger partial charge is 0.435 e. The number of hydrogen-bond donors (Lipinski definition) is 1. The van der Waals surface area contributed by atoms with Gasteiger partial charge in [0, 0.05) is 11.3 Å². The van der Waals surface area contributed by atoms with Crippen molar-refractivity contribution in [2.75, 3.05) is 5.32 Å². The van der Waals surface area contributed by atoms with Gasteiger partial charge in [0.25, 0.3) is 5.91 Å². The fourth-order valence-electron chi connectivity index (χ4n) is 2.48. The SMILES string of the molecule is Cc1nc(C(F)(F)F)c(C(=O)Nc2ccc(F)cc2-c2ccc(Cl)c(Cl)c2)s1. The molecule has 0 fully saturated rings. The van der Waals surface area contributed by atoms with Crippen LogP contribution < -0.4 is 5.32 Å². The molecule has 1 aromatic heterocycles. The normalized spacial score (nSPS) is 11.5. The van der Waals surface area contributed by atoms with Crippen molar-refractivity contribution in [3.8, 4) is 11.1 Å². The summed E-state index contributed by atoms with van der Waals surface area (Å²) in [5.74, 6) is -1.59.